The summed E-state index contributed by atoms with van der Waals surface area (Å²) in [5.74, 6) is 0.783. The molecule has 0 atom stereocenters. The van der Waals surface area contributed by atoms with Crippen molar-refractivity contribution in [2.24, 2.45) is 0 Å². The number of alkyl halides is 2. The second kappa shape index (κ2) is 8.80. The smallest absolute Gasteiger partial charge is 0.387 e. The highest BCUT2D eigenvalue weighted by atomic mass is 79.9. The number of ether oxygens (including phenoxy) is 2. The highest BCUT2D eigenvalue weighted by Crippen LogP contribution is 2.30. The number of benzene rings is 2. The van der Waals surface area contributed by atoms with E-state index in [4.69, 9.17) is 9.15 Å². The van der Waals surface area contributed by atoms with Crippen molar-refractivity contribution in [1.82, 2.24) is 4.98 Å². The molecule has 0 unspecified atom stereocenters. The fourth-order valence-corrected chi connectivity index (χ4v) is 3.87. The molecular formula is C20H13BrF2N2O4S. The lowest BCUT2D eigenvalue weighted by Gasteiger charge is -2.05. The molecule has 0 bridgehead atoms. The van der Waals surface area contributed by atoms with E-state index in [2.05, 4.69) is 31.0 Å². The molecule has 4 rings (SSSR count). The van der Waals surface area contributed by atoms with Crippen LogP contribution in [0, 0.1) is 0 Å². The average molecular weight is 495 g/mol. The van der Waals surface area contributed by atoms with Crippen LogP contribution in [-0.2, 0) is 6.61 Å². The van der Waals surface area contributed by atoms with Gasteiger partial charge in [-0.2, -0.15) is 8.78 Å². The Morgan fingerprint density at radius 2 is 2.03 bits per heavy atom. The number of para-hydroxylation sites is 1. The predicted octanol–water partition coefficient (Wildman–Crippen LogP) is 6.08. The molecule has 2 heterocycles. The van der Waals surface area contributed by atoms with Crippen molar-refractivity contribution in [3.8, 4) is 11.5 Å². The molecule has 2 aromatic carbocycles. The number of amides is 1. The fraction of sp³-hybridized carbons (Fsp3) is 0.100. The van der Waals surface area contributed by atoms with E-state index < -0.39 is 12.5 Å². The number of thiazole rings is 1. The Morgan fingerprint density at radius 3 is 2.83 bits per heavy atom. The number of anilines is 1. The van der Waals surface area contributed by atoms with E-state index in [9.17, 15) is 13.6 Å². The Bertz CT molecular complexity index is 1190. The van der Waals surface area contributed by atoms with Gasteiger partial charge >= 0.3 is 6.61 Å². The lowest BCUT2D eigenvalue weighted by molar-refractivity contribution is -0.0497. The Morgan fingerprint density at radius 1 is 1.20 bits per heavy atom. The molecule has 1 amide bonds. The van der Waals surface area contributed by atoms with Crippen LogP contribution in [-0.4, -0.2) is 17.5 Å². The summed E-state index contributed by atoms with van der Waals surface area (Å²) in [7, 11) is 0. The summed E-state index contributed by atoms with van der Waals surface area (Å²) in [5.41, 5.74) is 0.555. The van der Waals surface area contributed by atoms with Crippen LogP contribution < -0.4 is 14.8 Å². The highest BCUT2D eigenvalue weighted by Gasteiger charge is 2.15. The minimum Gasteiger partial charge on any atom is -0.484 e. The SMILES string of the molecule is O=C(Nc1nc2ccc(OC(F)F)cc2s1)c1ccc(COc2ccccc2Br)o1. The molecule has 0 fully saturated rings. The third kappa shape index (κ3) is 4.77. The van der Waals surface area contributed by atoms with Crippen molar-refractivity contribution < 1.29 is 27.5 Å². The molecule has 4 aromatic rings. The molecule has 0 aliphatic carbocycles. The Kier molecular flexibility index (Phi) is 5.96. The van der Waals surface area contributed by atoms with Gasteiger partial charge in [-0.15, -0.1) is 0 Å². The zero-order valence-electron chi connectivity index (χ0n) is 15.1. The van der Waals surface area contributed by atoms with Crippen molar-refractivity contribution in [3.05, 3.63) is 70.6 Å². The number of halogens is 3. The Labute approximate surface area is 181 Å². The minimum atomic E-state index is -2.91. The molecule has 0 radical (unpaired) electrons. The zero-order valence-corrected chi connectivity index (χ0v) is 17.5. The van der Waals surface area contributed by atoms with Crippen LogP contribution in [0.5, 0.6) is 11.5 Å². The van der Waals surface area contributed by atoms with Gasteiger partial charge in [-0.25, -0.2) is 4.98 Å². The van der Waals surface area contributed by atoms with Gasteiger partial charge in [-0.3, -0.25) is 10.1 Å². The number of fused-ring (bicyclic) bond motifs is 1. The van der Waals surface area contributed by atoms with Gasteiger partial charge in [0.2, 0.25) is 0 Å². The number of hydrogen-bond acceptors (Lipinski definition) is 6. The summed E-state index contributed by atoms with van der Waals surface area (Å²) < 4.78 is 41.7. The summed E-state index contributed by atoms with van der Waals surface area (Å²) >= 11 is 4.53. The van der Waals surface area contributed by atoms with Crippen LogP contribution in [0.3, 0.4) is 0 Å². The van der Waals surface area contributed by atoms with E-state index in [1.165, 1.54) is 18.2 Å². The standard InChI is InChI=1S/C20H13BrF2N2O4S/c21-13-3-1-2-4-15(13)27-10-12-6-8-16(28-12)18(26)25-20-24-14-7-5-11(29-19(22)23)9-17(14)30-20/h1-9,19H,10H2,(H,24,25,26). The molecule has 6 nitrogen and oxygen atoms in total. The third-order valence-corrected chi connectivity index (χ3v) is 5.49. The van der Waals surface area contributed by atoms with Gasteiger partial charge in [0.05, 0.1) is 14.7 Å². The Balaban J connectivity index is 1.41. The molecule has 0 spiro atoms. The van der Waals surface area contributed by atoms with Gasteiger partial charge in [0.15, 0.2) is 10.9 Å². The second-order valence-corrected chi connectivity index (χ2v) is 7.85. The van der Waals surface area contributed by atoms with E-state index >= 15 is 0 Å². The van der Waals surface area contributed by atoms with Crippen molar-refractivity contribution in [2.45, 2.75) is 13.2 Å². The van der Waals surface area contributed by atoms with Crippen LogP contribution in [0.4, 0.5) is 13.9 Å². The molecule has 1 N–H and O–H groups in total. The molecule has 2 aromatic heterocycles. The van der Waals surface area contributed by atoms with Crippen molar-refractivity contribution in [3.63, 3.8) is 0 Å². The first-order valence-corrected chi connectivity index (χ1v) is 10.2. The normalized spacial score (nSPS) is 11.1. The van der Waals surface area contributed by atoms with Crippen LogP contribution in [0.2, 0.25) is 0 Å². The van der Waals surface area contributed by atoms with E-state index in [-0.39, 0.29) is 18.1 Å². The van der Waals surface area contributed by atoms with Crippen molar-refractivity contribution in [2.75, 3.05) is 5.32 Å². The second-order valence-electron chi connectivity index (χ2n) is 5.97. The maximum Gasteiger partial charge on any atom is 0.387 e. The van der Waals surface area contributed by atoms with Gasteiger partial charge in [0.1, 0.15) is 23.9 Å². The molecular weight excluding hydrogens is 482 g/mol. The average Bonchev–Trinajstić information content (AvgIpc) is 3.33. The molecule has 30 heavy (non-hydrogen) atoms. The summed E-state index contributed by atoms with van der Waals surface area (Å²) in [5, 5.41) is 2.95. The summed E-state index contributed by atoms with van der Waals surface area (Å²) in [6, 6.07) is 15.0. The van der Waals surface area contributed by atoms with Crippen molar-refractivity contribution >= 4 is 48.5 Å². The zero-order chi connectivity index (χ0) is 21.1. The molecule has 0 aliphatic heterocycles. The van der Waals surface area contributed by atoms with E-state index in [0.717, 1.165) is 15.8 Å². The van der Waals surface area contributed by atoms with Crippen LogP contribution in [0.1, 0.15) is 16.3 Å². The van der Waals surface area contributed by atoms with Crippen molar-refractivity contribution in [1.29, 1.82) is 0 Å². The molecule has 0 saturated heterocycles. The van der Waals surface area contributed by atoms with Crippen LogP contribution in [0.25, 0.3) is 10.2 Å². The predicted molar refractivity (Wildman–Crippen MR) is 111 cm³/mol. The summed E-state index contributed by atoms with van der Waals surface area (Å²) in [4.78, 5) is 16.7. The maximum absolute atomic E-state index is 12.4. The summed E-state index contributed by atoms with van der Waals surface area (Å²) in [6.45, 7) is -2.75. The number of carbonyl (C=O) groups excluding carboxylic acids is 1. The van der Waals surface area contributed by atoms with Gasteiger partial charge < -0.3 is 13.9 Å². The first-order chi connectivity index (χ1) is 14.5. The molecule has 0 saturated carbocycles. The van der Waals surface area contributed by atoms with Crippen LogP contribution in [0.15, 0.2) is 63.5 Å². The fourth-order valence-electron chi connectivity index (χ4n) is 2.58. The topological polar surface area (TPSA) is 73.6 Å². The quantitative estimate of drug-likeness (QED) is 0.336. The van der Waals surface area contributed by atoms with E-state index in [1.807, 2.05) is 24.3 Å². The first-order valence-electron chi connectivity index (χ1n) is 8.61. The number of rotatable bonds is 7. The summed E-state index contributed by atoms with van der Waals surface area (Å²) in [6.07, 6.45) is 0. The van der Waals surface area contributed by atoms with Crippen LogP contribution >= 0.6 is 27.3 Å². The molecule has 0 aliphatic rings. The molecule has 10 heteroatoms. The number of nitrogens with zero attached hydrogens (tertiary/aromatic N) is 1. The number of carbonyl (C=O) groups is 1. The lowest BCUT2D eigenvalue weighted by Crippen LogP contribution is -2.10. The number of aromatic nitrogens is 1. The maximum atomic E-state index is 12.4. The van der Waals surface area contributed by atoms with E-state index in [0.29, 0.717) is 26.9 Å². The highest BCUT2D eigenvalue weighted by molar-refractivity contribution is 9.10. The van der Waals surface area contributed by atoms with Gasteiger partial charge in [-0.05, 0) is 58.4 Å². The number of nitrogens with one attached hydrogen (secondary N) is 1. The molecule has 154 valence electrons. The Hall–Kier alpha value is -2.98. The largest absolute Gasteiger partial charge is 0.484 e. The number of furan rings is 1. The van der Waals surface area contributed by atoms with Gasteiger partial charge in [0.25, 0.3) is 5.91 Å². The van der Waals surface area contributed by atoms with E-state index in [1.54, 1.807) is 12.1 Å². The minimum absolute atomic E-state index is 0.0276. The number of hydrogen-bond donors (Lipinski definition) is 1. The first kappa shape index (κ1) is 20.3. The van der Waals surface area contributed by atoms with Gasteiger partial charge in [-0.1, -0.05) is 23.5 Å². The third-order valence-electron chi connectivity index (χ3n) is 3.90. The lowest BCUT2D eigenvalue weighted by atomic mass is 10.3. The monoisotopic (exact) mass is 494 g/mol. The van der Waals surface area contributed by atoms with Gasteiger partial charge in [0, 0.05) is 0 Å².